The lowest BCUT2D eigenvalue weighted by Gasteiger charge is -2.19. The van der Waals surface area contributed by atoms with Gasteiger partial charge in [0.1, 0.15) is 6.61 Å². The predicted molar refractivity (Wildman–Crippen MR) is 70.9 cm³/mol. The van der Waals surface area contributed by atoms with Crippen LogP contribution in [-0.4, -0.2) is 48.4 Å². The van der Waals surface area contributed by atoms with Crippen molar-refractivity contribution in [2.24, 2.45) is 0 Å². The summed E-state index contributed by atoms with van der Waals surface area (Å²) < 4.78 is 55.9. The Labute approximate surface area is 121 Å². The maximum absolute atomic E-state index is 12.7. The first-order chi connectivity index (χ1) is 9.76. The highest BCUT2D eigenvalue weighted by atomic mass is 19.3. The lowest BCUT2D eigenvalue weighted by molar-refractivity contribution is -0.166. The van der Waals surface area contributed by atoms with E-state index in [1.54, 1.807) is 11.7 Å². The second kappa shape index (κ2) is 7.74. The summed E-state index contributed by atoms with van der Waals surface area (Å²) in [4.78, 5) is 0. The second-order valence-electron chi connectivity index (χ2n) is 5.15. The third-order valence-corrected chi connectivity index (χ3v) is 2.99. The van der Waals surface area contributed by atoms with Gasteiger partial charge in [-0.2, -0.15) is 13.9 Å². The van der Waals surface area contributed by atoms with E-state index in [0.29, 0.717) is 6.42 Å². The van der Waals surface area contributed by atoms with Gasteiger partial charge in [0.25, 0.3) is 0 Å². The number of halogens is 4. The minimum absolute atomic E-state index is 0.0899. The molecule has 0 amide bonds. The largest absolute Gasteiger partial charge is 0.373 e. The molecule has 0 bridgehead atoms. The van der Waals surface area contributed by atoms with Gasteiger partial charge in [-0.1, -0.05) is 0 Å². The molecule has 0 saturated heterocycles. The molecule has 0 spiro atoms. The Kier molecular flexibility index (Phi) is 6.60. The molecule has 122 valence electrons. The Morgan fingerprint density at radius 1 is 1.38 bits per heavy atom. The summed E-state index contributed by atoms with van der Waals surface area (Å²) in [6, 6.07) is 1.79. The smallest absolute Gasteiger partial charge is 0.330 e. The maximum Gasteiger partial charge on any atom is 0.330 e. The molecule has 0 radical (unpaired) electrons. The molecule has 0 aliphatic carbocycles. The Hall–Kier alpha value is -1.15. The van der Waals surface area contributed by atoms with Gasteiger partial charge in [-0.25, -0.2) is 8.78 Å². The molecule has 1 unspecified atom stereocenters. The van der Waals surface area contributed by atoms with Crippen LogP contribution in [0.1, 0.15) is 25.6 Å². The molecule has 1 atom stereocenters. The number of aromatic nitrogens is 2. The van der Waals surface area contributed by atoms with Crippen molar-refractivity contribution in [3.05, 3.63) is 18.0 Å². The van der Waals surface area contributed by atoms with Crippen LogP contribution in [0.25, 0.3) is 0 Å². The summed E-state index contributed by atoms with van der Waals surface area (Å²) in [5.74, 6) is -4.11. The Bertz CT molecular complexity index is 423. The van der Waals surface area contributed by atoms with Crippen LogP contribution in [0.4, 0.5) is 17.6 Å². The molecule has 1 rings (SSSR count). The van der Waals surface area contributed by atoms with Crippen LogP contribution in [0, 0.1) is 0 Å². The molecule has 0 aliphatic rings. The quantitative estimate of drug-likeness (QED) is 0.712. The van der Waals surface area contributed by atoms with Gasteiger partial charge in [0.2, 0.25) is 0 Å². The molecule has 8 heteroatoms. The van der Waals surface area contributed by atoms with Crippen LogP contribution >= 0.6 is 0 Å². The minimum atomic E-state index is -4.11. The lowest BCUT2D eigenvalue weighted by atomic mass is 10.2. The number of alkyl halides is 4. The van der Waals surface area contributed by atoms with Crippen LogP contribution in [-0.2, 0) is 11.2 Å². The van der Waals surface area contributed by atoms with Gasteiger partial charge < -0.3 is 10.1 Å². The van der Waals surface area contributed by atoms with Gasteiger partial charge in [0.05, 0.1) is 12.3 Å². The number of likely N-dealkylation sites (N-methyl/N-ethyl adjacent to an activating group) is 1. The van der Waals surface area contributed by atoms with Crippen molar-refractivity contribution < 1.29 is 22.3 Å². The van der Waals surface area contributed by atoms with E-state index < -0.39 is 19.0 Å². The fourth-order valence-electron chi connectivity index (χ4n) is 1.67. The van der Waals surface area contributed by atoms with Crippen molar-refractivity contribution in [1.29, 1.82) is 0 Å². The molecule has 1 aromatic heterocycles. The van der Waals surface area contributed by atoms with E-state index in [2.05, 4.69) is 10.4 Å². The number of hydrogen-bond donors (Lipinski definition) is 1. The zero-order valence-corrected chi connectivity index (χ0v) is 12.3. The summed E-state index contributed by atoms with van der Waals surface area (Å²) in [6.45, 7) is 2.60. The summed E-state index contributed by atoms with van der Waals surface area (Å²) in [5, 5.41) is 7.23. The van der Waals surface area contributed by atoms with Crippen LogP contribution in [0.15, 0.2) is 12.3 Å². The van der Waals surface area contributed by atoms with Crippen molar-refractivity contribution in [2.75, 3.05) is 20.3 Å². The first-order valence-electron chi connectivity index (χ1n) is 6.71. The standard InChI is InChI=1S/C13H21F4N3O/c1-9(2)20-5-4-10(19-20)6-11(18-3)7-21-8-13(16,17)12(14)15/h4-5,9,11-12,18H,6-8H2,1-3H3. The molecule has 0 aromatic carbocycles. The number of nitrogens with zero attached hydrogens (tertiary/aromatic N) is 2. The van der Waals surface area contributed by atoms with Gasteiger partial charge >= 0.3 is 12.3 Å². The van der Waals surface area contributed by atoms with Crippen LogP contribution in [0.5, 0.6) is 0 Å². The third-order valence-electron chi connectivity index (χ3n) is 2.99. The Morgan fingerprint density at radius 2 is 2.05 bits per heavy atom. The van der Waals surface area contributed by atoms with E-state index in [-0.39, 0.29) is 18.7 Å². The van der Waals surface area contributed by atoms with Gasteiger partial charge in [-0.15, -0.1) is 0 Å². The van der Waals surface area contributed by atoms with Gasteiger partial charge in [-0.05, 0) is 27.0 Å². The van der Waals surface area contributed by atoms with Crippen molar-refractivity contribution in [1.82, 2.24) is 15.1 Å². The maximum atomic E-state index is 12.7. The fraction of sp³-hybridized carbons (Fsp3) is 0.769. The highest BCUT2D eigenvalue weighted by molar-refractivity contribution is 5.02. The summed E-state index contributed by atoms with van der Waals surface area (Å²) in [5.41, 5.74) is 0.785. The zero-order chi connectivity index (χ0) is 16.0. The first kappa shape index (κ1) is 17.9. The van der Waals surface area contributed by atoms with Gasteiger partial charge in [0.15, 0.2) is 0 Å². The molecular formula is C13H21F4N3O. The molecule has 0 fully saturated rings. The van der Waals surface area contributed by atoms with Crippen molar-refractivity contribution in [3.8, 4) is 0 Å². The monoisotopic (exact) mass is 311 g/mol. The van der Waals surface area contributed by atoms with Gasteiger partial charge in [-0.3, -0.25) is 4.68 Å². The molecule has 21 heavy (non-hydrogen) atoms. The number of rotatable bonds is 9. The molecule has 0 saturated carbocycles. The zero-order valence-electron chi connectivity index (χ0n) is 12.3. The second-order valence-corrected chi connectivity index (χ2v) is 5.15. The predicted octanol–water partition coefficient (Wildman–Crippen LogP) is 2.51. The van der Waals surface area contributed by atoms with Crippen molar-refractivity contribution in [2.45, 2.75) is 44.7 Å². The highest BCUT2D eigenvalue weighted by Crippen LogP contribution is 2.22. The van der Waals surface area contributed by atoms with E-state index in [0.717, 1.165) is 5.69 Å². The topological polar surface area (TPSA) is 39.1 Å². The van der Waals surface area contributed by atoms with Gasteiger partial charge in [0, 0.05) is 24.7 Å². The highest BCUT2D eigenvalue weighted by Gasteiger charge is 2.41. The minimum Gasteiger partial charge on any atom is -0.373 e. The van der Waals surface area contributed by atoms with E-state index in [9.17, 15) is 17.6 Å². The van der Waals surface area contributed by atoms with E-state index >= 15 is 0 Å². The molecule has 1 aromatic rings. The van der Waals surface area contributed by atoms with E-state index in [4.69, 9.17) is 4.74 Å². The average Bonchev–Trinajstić information content (AvgIpc) is 2.86. The molecule has 0 aliphatic heterocycles. The SMILES string of the molecule is CNC(COCC(F)(F)C(F)F)Cc1ccn(C(C)C)n1. The van der Waals surface area contributed by atoms with Crippen LogP contribution in [0.3, 0.4) is 0 Å². The molecular weight excluding hydrogens is 290 g/mol. The fourth-order valence-corrected chi connectivity index (χ4v) is 1.67. The number of hydrogen-bond acceptors (Lipinski definition) is 3. The van der Waals surface area contributed by atoms with Crippen molar-refractivity contribution in [3.63, 3.8) is 0 Å². The van der Waals surface area contributed by atoms with E-state index in [1.165, 1.54) is 0 Å². The Balaban J connectivity index is 2.44. The van der Waals surface area contributed by atoms with Crippen LogP contribution in [0.2, 0.25) is 0 Å². The van der Waals surface area contributed by atoms with Crippen LogP contribution < -0.4 is 5.32 Å². The molecule has 4 nitrogen and oxygen atoms in total. The summed E-state index contributed by atoms with van der Waals surface area (Å²) in [6.07, 6.45) is -1.41. The third kappa shape index (κ3) is 5.62. The van der Waals surface area contributed by atoms with Crippen molar-refractivity contribution >= 4 is 0 Å². The molecule has 1 N–H and O–H groups in total. The van der Waals surface area contributed by atoms with E-state index in [1.807, 2.05) is 26.1 Å². The number of ether oxygens (including phenoxy) is 1. The molecule has 1 heterocycles. The summed E-state index contributed by atoms with van der Waals surface area (Å²) >= 11 is 0. The normalized spacial score (nSPS) is 14.1. The average molecular weight is 311 g/mol. The lowest BCUT2D eigenvalue weighted by Crippen LogP contribution is -2.37. The first-order valence-corrected chi connectivity index (χ1v) is 6.71. The Morgan fingerprint density at radius 3 is 2.52 bits per heavy atom. The number of nitrogens with one attached hydrogen (secondary N) is 1. The summed E-state index contributed by atoms with van der Waals surface area (Å²) in [7, 11) is 1.65.